The van der Waals surface area contributed by atoms with Crippen LogP contribution in [0, 0.1) is 6.92 Å². The minimum Gasteiger partial charge on any atom is -0.493 e. The van der Waals surface area contributed by atoms with E-state index in [1.165, 1.54) is 0 Å². The van der Waals surface area contributed by atoms with Crippen molar-refractivity contribution in [1.29, 1.82) is 0 Å². The molecule has 0 aliphatic heterocycles. The molecule has 0 bridgehead atoms. The number of halogens is 1. The number of aryl methyl sites for hydroxylation is 1. The van der Waals surface area contributed by atoms with E-state index < -0.39 is 0 Å². The van der Waals surface area contributed by atoms with Gasteiger partial charge >= 0.3 is 0 Å². The molecule has 0 N–H and O–H groups in total. The second-order valence-electron chi connectivity index (χ2n) is 4.76. The molecule has 2 nitrogen and oxygen atoms in total. The average molecular weight is 333 g/mol. The number of Topliss-reactive ketones (excluding diaryl/α,β-unsaturated/α-hetero) is 1. The summed E-state index contributed by atoms with van der Waals surface area (Å²) >= 11 is 3.41. The number of carbonyl (C=O) groups excluding carboxylic acids is 1. The van der Waals surface area contributed by atoms with Gasteiger partial charge in [0.05, 0.1) is 6.61 Å². The normalized spacial score (nSPS) is 10.3. The summed E-state index contributed by atoms with van der Waals surface area (Å²) in [7, 11) is 0. The number of hydrogen-bond acceptors (Lipinski definition) is 2. The lowest BCUT2D eigenvalue weighted by Crippen LogP contribution is -2.08. The van der Waals surface area contributed by atoms with Crippen molar-refractivity contribution in [1.82, 2.24) is 0 Å². The molecule has 0 aromatic heterocycles. The van der Waals surface area contributed by atoms with Crippen molar-refractivity contribution in [3.8, 4) is 5.75 Å². The Hall–Kier alpha value is -1.61. The summed E-state index contributed by atoms with van der Waals surface area (Å²) in [5.41, 5.74) is 2.18. The van der Waals surface area contributed by atoms with Crippen LogP contribution in [0.1, 0.15) is 17.5 Å². The Bertz CT molecular complexity index is 593. The molecule has 0 fully saturated rings. The number of rotatable bonds is 6. The molecule has 0 saturated heterocycles. The van der Waals surface area contributed by atoms with E-state index in [0.29, 0.717) is 19.4 Å². The van der Waals surface area contributed by atoms with Gasteiger partial charge in [-0.05, 0) is 42.3 Å². The van der Waals surface area contributed by atoms with Crippen molar-refractivity contribution in [3.05, 3.63) is 64.1 Å². The van der Waals surface area contributed by atoms with Gasteiger partial charge in [0.25, 0.3) is 0 Å². The smallest absolute Gasteiger partial charge is 0.140 e. The van der Waals surface area contributed by atoms with Crippen LogP contribution in [0.25, 0.3) is 0 Å². The van der Waals surface area contributed by atoms with Crippen molar-refractivity contribution >= 4 is 21.7 Å². The SMILES string of the molecule is Cc1cccc(OCCC(=O)Cc2cccc(Br)c2)c1. The summed E-state index contributed by atoms with van der Waals surface area (Å²) in [5, 5.41) is 0. The highest BCUT2D eigenvalue weighted by Gasteiger charge is 2.05. The maximum Gasteiger partial charge on any atom is 0.140 e. The lowest BCUT2D eigenvalue weighted by atomic mass is 10.1. The predicted molar refractivity (Wildman–Crippen MR) is 84.1 cm³/mol. The van der Waals surface area contributed by atoms with Gasteiger partial charge in [-0.15, -0.1) is 0 Å². The maximum absolute atomic E-state index is 11.9. The second-order valence-corrected chi connectivity index (χ2v) is 5.68. The molecule has 0 spiro atoms. The third-order valence-corrected chi connectivity index (χ3v) is 3.42. The highest BCUT2D eigenvalue weighted by atomic mass is 79.9. The maximum atomic E-state index is 11.9. The Morgan fingerprint density at radius 1 is 1.15 bits per heavy atom. The van der Waals surface area contributed by atoms with Crippen LogP contribution in [0.5, 0.6) is 5.75 Å². The van der Waals surface area contributed by atoms with E-state index >= 15 is 0 Å². The summed E-state index contributed by atoms with van der Waals surface area (Å²) in [4.78, 5) is 11.9. The molecule has 2 aromatic rings. The first-order valence-electron chi connectivity index (χ1n) is 6.59. The van der Waals surface area contributed by atoms with Crippen LogP contribution in [-0.2, 0) is 11.2 Å². The molecule has 104 valence electrons. The molecule has 0 aliphatic carbocycles. The molecule has 20 heavy (non-hydrogen) atoms. The first-order chi connectivity index (χ1) is 9.63. The van der Waals surface area contributed by atoms with Crippen molar-refractivity contribution in [2.24, 2.45) is 0 Å². The van der Waals surface area contributed by atoms with Crippen LogP contribution in [0.2, 0.25) is 0 Å². The van der Waals surface area contributed by atoms with Gasteiger partial charge in [0.15, 0.2) is 0 Å². The third kappa shape index (κ3) is 4.82. The fourth-order valence-corrected chi connectivity index (χ4v) is 2.40. The molecular formula is C17H17BrO2. The molecule has 0 radical (unpaired) electrons. The molecule has 0 atom stereocenters. The summed E-state index contributed by atoms with van der Waals surface area (Å²) in [6, 6.07) is 15.7. The van der Waals surface area contributed by atoms with E-state index in [1.54, 1.807) is 0 Å². The zero-order valence-electron chi connectivity index (χ0n) is 11.4. The highest BCUT2D eigenvalue weighted by Crippen LogP contribution is 2.14. The standard InChI is InChI=1S/C17H17BrO2/c1-13-4-2-7-17(10-13)20-9-8-16(19)12-14-5-3-6-15(18)11-14/h2-7,10-11H,8-9,12H2,1H3. The minimum absolute atomic E-state index is 0.191. The molecular weight excluding hydrogens is 316 g/mol. The third-order valence-electron chi connectivity index (χ3n) is 2.93. The molecule has 0 heterocycles. The molecule has 2 aromatic carbocycles. The lowest BCUT2D eigenvalue weighted by Gasteiger charge is -2.06. The summed E-state index contributed by atoms with van der Waals surface area (Å²) in [6.07, 6.45) is 0.886. The molecule has 3 heteroatoms. The monoisotopic (exact) mass is 332 g/mol. The Labute approximate surface area is 127 Å². The lowest BCUT2D eigenvalue weighted by molar-refractivity contribution is -0.118. The Morgan fingerprint density at radius 2 is 1.95 bits per heavy atom. The molecule has 2 rings (SSSR count). The fraction of sp³-hybridized carbons (Fsp3) is 0.235. The number of ketones is 1. The predicted octanol–water partition coefficient (Wildman–Crippen LogP) is 4.34. The largest absolute Gasteiger partial charge is 0.493 e. The number of benzene rings is 2. The Balaban J connectivity index is 1.78. The van der Waals surface area contributed by atoms with Gasteiger partial charge in [0.2, 0.25) is 0 Å². The van der Waals surface area contributed by atoms with E-state index in [2.05, 4.69) is 15.9 Å². The number of hydrogen-bond donors (Lipinski definition) is 0. The van der Waals surface area contributed by atoms with E-state index in [1.807, 2.05) is 55.5 Å². The molecule has 0 saturated carbocycles. The first kappa shape index (κ1) is 14.8. The van der Waals surface area contributed by atoms with Gasteiger partial charge in [0.1, 0.15) is 11.5 Å². The van der Waals surface area contributed by atoms with Crippen LogP contribution in [0.3, 0.4) is 0 Å². The summed E-state index contributed by atoms with van der Waals surface area (Å²) < 4.78 is 6.59. The van der Waals surface area contributed by atoms with Gasteiger partial charge in [-0.2, -0.15) is 0 Å². The number of ether oxygens (including phenoxy) is 1. The topological polar surface area (TPSA) is 26.3 Å². The van der Waals surface area contributed by atoms with E-state index in [-0.39, 0.29) is 5.78 Å². The van der Waals surface area contributed by atoms with Crippen molar-refractivity contribution in [2.75, 3.05) is 6.61 Å². The quantitative estimate of drug-likeness (QED) is 0.786. The number of carbonyl (C=O) groups is 1. The van der Waals surface area contributed by atoms with Gasteiger partial charge in [-0.25, -0.2) is 0 Å². The van der Waals surface area contributed by atoms with Gasteiger partial charge in [0, 0.05) is 17.3 Å². The highest BCUT2D eigenvalue weighted by molar-refractivity contribution is 9.10. The minimum atomic E-state index is 0.191. The zero-order chi connectivity index (χ0) is 14.4. The first-order valence-corrected chi connectivity index (χ1v) is 7.38. The van der Waals surface area contributed by atoms with Crippen LogP contribution in [0.4, 0.5) is 0 Å². The van der Waals surface area contributed by atoms with Crippen LogP contribution in [-0.4, -0.2) is 12.4 Å². The van der Waals surface area contributed by atoms with E-state index in [0.717, 1.165) is 21.3 Å². The Morgan fingerprint density at radius 3 is 2.70 bits per heavy atom. The fourth-order valence-electron chi connectivity index (χ4n) is 1.95. The average Bonchev–Trinajstić information content (AvgIpc) is 2.38. The van der Waals surface area contributed by atoms with Crippen LogP contribution in [0.15, 0.2) is 53.0 Å². The van der Waals surface area contributed by atoms with Crippen molar-refractivity contribution in [3.63, 3.8) is 0 Å². The van der Waals surface area contributed by atoms with Crippen molar-refractivity contribution in [2.45, 2.75) is 19.8 Å². The van der Waals surface area contributed by atoms with Gasteiger partial charge in [-0.1, -0.05) is 40.2 Å². The Kier molecular flexibility index (Phi) is 5.36. The zero-order valence-corrected chi connectivity index (χ0v) is 13.0. The van der Waals surface area contributed by atoms with Crippen LogP contribution >= 0.6 is 15.9 Å². The summed E-state index contributed by atoms with van der Waals surface area (Å²) in [6.45, 7) is 2.45. The second kappa shape index (κ2) is 7.25. The molecule has 0 aliphatic rings. The van der Waals surface area contributed by atoms with Gasteiger partial charge in [-0.3, -0.25) is 4.79 Å². The summed E-state index contributed by atoms with van der Waals surface area (Å²) in [5.74, 6) is 1.01. The van der Waals surface area contributed by atoms with E-state index in [4.69, 9.17) is 4.74 Å². The molecule has 0 unspecified atom stereocenters. The molecule has 0 amide bonds. The van der Waals surface area contributed by atoms with Gasteiger partial charge < -0.3 is 4.74 Å². The van der Waals surface area contributed by atoms with Crippen LogP contribution < -0.4 is 4.74 Å². The van der Waals surface area contributed by atoms with E-state index in [9.17, 15) is 4.79 Å². The van der Waals surface area contributed by atoms with Crippen molar-refractivity contribution < 1.29 is 9.53 Å².